The lowest BCUT2D eigenvalue weighted by molar-refractivity contribution is 0.181. The predicted molar refractivity (Wildman–Crippen MR) is 105 cm³/mol. The van der Waals surface area contributed by atoms with E-state index in [1.54, 1.807) is 21.0 Å². The number of ether oxygens (including phenoxy) is 1. The molecule has 0 aromatic heterocycles. The molecule has 0 bridgehead atoms. The Morgan fingerprint density at radius 1 is 1.39 bits per heavy atom. The number of rotatable bonds is 8. The average molecular weight is 462 g/mol. The summed E-state index contributed by atoms with van der Waals surface area (Å²) in [5, 5.41) is 3.28. The summed E-state index contributed by atoms with van der Waals surface area (Å²) >= 11 is 0. The minimum Gasteiger partial charge on any atom is -0.381 e. The van der Waals surface area contributed by atoms with E-state index in [2.05, 4.69) is 15.2 Å². The minimum atomic E-state index is -3.09. The molecule has 0 aromatic rings. The largest absolute Gasteiger partial charge is 0.381 e. The highest BCUT2D eigenvalue weighted by Crippen LogP contribution is 2.13. The summed E-state index contributed by atoms with van der Waals surface area (Å²) in [4.78, 5) is 6.37. The third kappa shape index (κ3) is 7.99. The standard InChI is InChI=1S/C14H30N4O3S.HI/c1-5-22(19,20)18(4)9-6-8-16-14(15-2)17(3)11-13-7-10-21-12-13;/h13H,5-12H2,1-4H3,(H,15,16);1H. The molecule has 9 heteroatoms. The zero-order valence-electron chi connectivity index (χ0n) is 14.6. The van der Waals surface area contributed by atoms with E-state index in [1.165, 1.54) is 4.31 Å². The molecular formula is C14H31IN4O3S. The molecule has 1 N–H and O–H groups in total. The van der Waals surface area contributed by atoms with Gasteiger partial charge in [0.25, 0.3) is 0 Å². The first kappa shape index (κ1) is 22.9. The monoisotopic (exact) mass is 462 g/mol. The van der Waals surface area contributed by atoms with Crippen LogP contribution in [0.5, 0.6) is 0 Å². The second-order valence-corrected chi connectivity index (χ2v) is 8.02. The molecule has 0 radical (unpaired) electrons. The van der Waals surface area contributed by atoms with Crippen LogP contribution in [0.3, 0.4) is 0 Å². The Hall–Kier alpha value is -0.130. The van der Waals surface area contributed by atoms with Gasteiger partial charge in [-0.05, 0) is 19.8 Å². The van der Waals surface area contributed by atoms with Crippen LogP contribution in [0.2, 0.25) is 0 Å². The number of nitrogens with zero attached hydrogens (tertiary/aromatic N) is 3. The number of guanidine groups is 1. The summed E-state index contributed by atoms with van der Waals surface area (Å²) in [6, 6.07) is 0. The fourth-order valence-electron chi connectivity index (χ4n) is 2.45. The second-order valence-electron chi connectivity index (χ2n) is 5.66. The van der Waals surface area contributed by atoms with E-state index in [0.29, 0.717) is 19.0 Å². The summed E-state index contributed by atoms with van der Waals surface area (Å²) < 4.78 is 30.1. The molecule has 138 valence electrons. The number of sulfonamides is 1. The molecule has 1 rings (SSSR count). The Morgan fingerprint density at radius 3 is 2.61 bits per heavy atom. The van der Waals surface area contributed by atoms with Gasteiger partial charge in [-0.1, -0.05) is 0 Å². The maximum absolute atomic E-state index is 11.6. The van der Waals surface area contributed by atoms with Gasteiger partial charge in [-0.25, -0.2) is 12.7 Å². The molecule has 0 spiro atoms. The molecule has 7 nitrogen and oxygen atoms in total. The van der Waals surface area contributed by atoms with Crippen molar-refractivity contribution >= 4 is 40.0 Å². The lowest BCUT2D eigenvalue weighted by Gasteiger charge is -2.24. The normalized spacial score (nSPS) is 18.8. The van der Waals surface area contributed by atoms with Crippen LogP contribution >= 0.6 is 24.0 Å². The molecule has 1 unspecified atom stereocenters. The van der Waals surface area contributed by atoms with Crippen LogP contribution in [0.4, 0.5) is 0 Å². The molecule has 1 fully saturated rings. The van der Waals surface area contributed by atoms with Crippen molar-refractivity contribution < 1.29 is 13.2 Å². The maximum Gasteiger partial charge on any atom is 0.213 e. The van der Waals surface area contributed by atoms with E-state index in [-0.39, 0.29) is 29.7 Å². The maximum atomic E-state index is 11.6. The van der Waals surface area contributed by atoms with Crippen LogP contribution < -0.4 is 5.32 Å². The van der Waals surface area contributed by atoms with Gasteiger partial charge in [0, 0.05) is 53.3 Å². The highest BCUT2D eigenvalue weighted by Gasteiger charge is 2.19. The molecule has 1 aliphatic heterocycles. The Bertz CT molecular complexity index is 453. The van der Waals surface area contributed by atoms with Crippen molar-refractivity contribution in [3.8, 4) is 0 Å². The third-order valence-corrected chi connectivity index (χ3v) is 5.76. The van der Waals surface area contributed by atoms with Crippen LogP contribution in [0.15, 0.2) is 4.99 Å². The SMILES string of the molecule is CCS(=O)(=O)N(C)CCCNC(=NC)N(C)CC1CCOC1.I. The van der Waals surface area contributed by atoms with E-state index in [1.807, 2.05) is 7.05 Å². The quantitative estimate of drug-likeness (QED) is 0.250. The molecule has 0 aliphatic carbocycles. The number of hydrogen-bond acceptors (Lipinski definition) is 4. The summed E-state index contributed by atoms with van der Waals surface area (Å²) in [7, 11) is 2.32. The van der Waals surface area contributed by atoms with E-state index >= 15 is 0 Å². The van der Waals surface area contributed by atoms with Gasteiger partial charge in [-0.2, -0.15) is 0 Å². The number of halogens is 1. The smallest absolute Gasteiger partial charge is 0.213 e. The van der Waals surface area contributed by atoms with E-state index in [0.717, 1.165) is 38.6 Å². The molecule has 23 heavy (non-hydrogen) atoms. The Balaban J connectivity index is 0.00000484. The highest BCUT2D eigenvalue weighted by atomic mass is 127. The van der Waals surface area contributed by atoms with Gasteiger partial charge in [0.15, 0.2) is 5.96 Å². The summed E-state index contributed by atoms with van der Waals surface area (Å²) in [5.41, 5.74) is 0. The van der Waals surface area contributed by atoms with Gasteiger partial charge in [0.05, 0.1) is 12.4 Å². The molecule has 0 saturated carbocycles. The molecule has 1 saturated heterocycles. The van der Waals surface area contributed by atoms with Crippen molar-refractivity contribution in [1.82, 2.24) is 14.5 Å². The van der Waals surface area contributed by atoms with Crippen LogP contribution in [0.1, 0.15) is 19.8 Å². The zero-order chi connectivity index (χ0) is 16.6. The van der Waals surface area contributed by atoms with Crippen LogP contribution in [-0.2, 0) is 14.8 Å². The van der Waals surface area contributed by atoms with Gasteiger partial charge in [0.1, 0.15) is 0 Å². The Labute approximate surface area is 157 Å². The second kappa shape index (κ2) is 11.4. The van der Waals surface area contributed by atoms with Gasteiger partial charge in [-0.3, -0.25) is 4.99 Å². The molecule has 1 atom stereocenters. The number of nitrogens with one attached hydrogen (secondary N) is 1. The molecule has 0 aromatic carbocycles. The predicted octanol–water partition coefficient (Wildman–Crippen LogP) is 0.820. The first-order chi connectivity index (χ1) is 10.4. The zero-order valence-corrected chi connectivity index (χ0v) is 17.8. The number of hydrogen-bond donors (Lipinski definition) is 1. The van der Waals surface area contributed by atoms with Crippen molar-refractivity contribution in [2.24, 2.45) is 10.9 Å². The molecule has 1 aliphatic rings. The Morgan fingerprint density at radius 2 is 2.09 bits per heavy atom. The average Bonchev–Trinajstić information content (AvgIpc) is 2.99. The van der Waals surface area contributed by atoms with Gasteiger partial charge in [0.2, 0.25) is 10.0 Å². The van der Waals surface area contributed by atoms with Crippen LogP contribution in [0.25, 0.3) is 0 Å². The molecule has 0 amide bonds. The molecule has 1 heterocycles. The first-order valence-electron chi connectivity index (χ1n) is 7.84. The Kier molecular flexibility index (Phi) is 11.4. The first-order valence-corrected chi connectivity index (χ1v) is 9.45. The lowest BCUT2D eigenvalue weighted by Crippen LogP contribution is -2.42. The van der Waals surface area contributed by atoms with Crippen molar-refractivity contribution in [3.63, 3.8) is 0 Å². The van der Waals surface area contributed by atoms with Crippen molar-refractivity contribution in [2.75, 3.05) is 59.7 Å². The van der Waals surface area contributed by atoms with Crippen molar-refractivity contribution in [1.29, 1.82) is 0 Å². The van der Waals surface area contributed by atoms with E-state index in [9.17, 15) is 8.42 Å². The van der Waals surface area contributed by atoms with Gasteiger partial charge < -0.3 is 15.0 Å². The van der Waals surface area contributed by atoms with Crippen molar-refractivity contribution in [2.45, 2.75) is 19.8 Å². The summed E-state index contributed by atoms with van der Waals surface area (Å²) in [6.07, 6.45) is 1.84. The fourth-order valence-corrected chi connectivity index (χ4v) is 3.30. The van der Waals surface area contributed by atoms with Gasteiger partial charge >= 0.3 is 0 Å². The van der Waals surface area contributed by atoms with Crippen LogP contribution in [0, 0.1) is 5.92 Å². The minimum absolute atomic E-state index is 0. The van der Waals surface area contributed by atoms with Gasteiger partial charge in [-0.15, -0.1) is 24.0 Å². The van der Waals surface area contributed by atoms with Crippen molar-refractivity contribution in [3.05, 3.63) is 0 Å². The number of aliphatic imine (C=N–C) groups is 1. The highest BCUT2D eigenvalue weighted by molar-refractivity contribution is 14.0. The summed E-state index contributed by atoms with van der Waals surface area (Å²) in [5.74, 6) is 1.54. The topological polar surface area (TPSA) is 74.2 Å². The van der Waals surface area contributed by atoms with Crippen LogP contribution in [-0.4, -0.2) is 83.3 Å². The fraction of sp³-hybridized carbons (Fsp3) is 0.929. The lowest BCUT2D eigenvalue weighted by atomic mass is 10.1. The third-order valence-electron chi connectivity index (χ3n) is 3.90. The van der Waals surface area contributed by atoms with E-state index < -0.39 is 10.0 Å². The summed E-state index contributed by atoms with van der Waals surface area (Å²) in [6.45, 7) is 5.46. The molecular weight excluding hydrogens is 431 g/mol. The van der Waals surface area contributed by atoms with E-state index in [4.69, 9.17) is 4.74 Å².